The van der Waals surface area contributed by atoms with E-state index in [4.69, 9.17) is 5.14 Å². The molecular weight excluding hydrogens is 338 g/mol. The summed E-state index contributed by atoms with van der Waals surface area (Å²) in [6, 6.07) is 13.6. The lowest BCUT2D eigenvalue weighted by Gasteiger charge is -2.05. The number of aryl methyl sites for hydroxylation is 1. The molecule has 4 rings (SSSR count). The van der Waals surface area contributed by atoms with Gasteiger partial charge in [0.2, 0.25) is 15.6 Å². The van der Waals surface area contributed by atoms with Crippen molar-refractivity contribution in [1.82, 2.24) is 9.97 Å². The predicted molar refractivity (Wildman–Crippen MR) is 98.0 cm³/mol. The minimum absolute atomic E-state index is 0.00499. The second-order valence-corrected chi connectivity index (χ2v) is 7.61. The predicted octanol–water partition coefficient (Wildman–Crippen LogP) is 2.63. The third-order valence-corrected chi connectivity index (χ3v) is 5.13. The summed E-state index contributed by atoms with van der Waals surface area (Å²) in [4.78, 5) is 18.4. The Balaban J connectivity index is 2.09. The summed E-state index contributed by atoms with van der Waals surface area (Å²) < 4.78 is 23.3. The molecule has 0 spiro atoms. The highest BCUT2D eigenvalue weighted by molar-refractivity contribution is 7.89. The van der Waals surface area contributed by atoms with Crippen molar-refractivity contribution in [3.8, 4) is 11.1 Å². The van der Waals surface area contributed by atoms with E-state index in [2.05, 4.69) is 9.97 Å². The van der Waals surface area contributed by atoms with E-state index >= 15 is 0 Å². The molecule has 0 bridgehead atoms. The maximum Gasteiger partial charge on any atom is 0.249 e. The van der Waals surface area contributed by atoms with E-state index in [0.29, 0.717) is 16.6 Å². The highest BCUT2D eigenvalue weighted by Crippen LogP contribution is 2.31. The van der Waals surface area contributed by atoms with Crippen LogP contribution in [0.4, 0.5) is 0 Å². The van der Waals surface area contributed by atoms with Crippen LogP contribution < -0.4 is 10.7 Å². The second kappa shape index (κ2) is 5.30. The standard InChI is InChI=1S/C18H15N3O3S/c1-10-5-6-15-14(7-10)18-17(20-15)13(9-16(22)21-18)11-3-2-4-12(8-11)25(19,23)24/h2-9,20H,1H3,(H,21,22)(H2,19,23,24). The zero-order valence-electron chi connectivity index (χ0n) is 13.3. The molecule has 0 aliphatic carbocycles. The van der Waals surface area contributed by atoms with E-state index in [1.165, 1.54) is 18.2 Å². The number of rotatable bonds is 2. The topological polar surface area (TPSA) is 109 Å². The van der Waals surface area contributed by atoms with Gasteiger partial charge in [0, 0.05) is 22.5 Å². The Morgan fingerprint density at radius 1 is 0.960 bits per heavy atom. The third kappa shape index (κ3) is 2.63. The molecule has 126 valence electrons. The zero-order valence-corrected chi connectivity index (χ0v) is 14.1. The van der Waals surface area contributed by atoms with Gasteiger partial charge in [-0.2, -0.15) is 0 Å². The van der Waals surface area contributed by atoms with Crippen molar-refractivity contribution >= 4 is 32.0 Å². The van der Waals surface area contributed by atoms with Crippen LogP contribution in [0.1, 0.15) is 5.56 Å². The quantitative estimate of drug-likeness (QED) is 0.515. The van der Waals surface area contributed by atoms with Crippen molar-refractivity contribution in [2.75, 3.05) is 0 Å². The van der Waals surface area contributed by atoms with Crippen molar-refractivity contribution in [3.05, 3.63) is 64.4 Å². The molecule has 0 saturated carbocycles. The van der Waals surface area contributed by atoms with Gasteiger partial charge in [0.05, 0.1) is 15.9 Å². The highest BCUT2D eigenvalue weighted by Gasteiger charge is 2.14. The SMILES string of the molecule is Cc1ccc2[nH]c3c(-c4cccc(S(N)(=O)=O)c4)cc(=O)[nH]c3c2c1. The molecule has 0 fully saturated rings. The highest BCUT2D eigenvalue weighted by atomic mass is 32.2. The van der Waals surface area contributed by atoms with Gasteiger partial charge in [-0.25, -0.2) is 13.6 Å². The van der Waals surface area contributed by atoms with Gasteiger partial charge in [-0.15, -0.1) is 0 Å². The first kappa shape index (κ1) is 15.6. The molecule has 2 aromatic heterocycles. The maximum absolute atomic E-state index is 12.2. The first-order valence-electron chi connectivity index (χ1n) is 7.61. The van der Waals surface area contributed by atoms with E-state index in [0.717, 1.165) is 22.0 Å². The van der Waals surface area contributed by atoms with Gasteiger partial charge in [0.15, 0.2) is 0 Å². The summed E-state index contributed by atoms with van der Waals surface area (Å²) in [6.07, 6.45) is 0. The molecule has 4 aromatic rings. The first-order valence-corrected chi connectivity index (χ1v) is 9.16. The smallest absolute Gasteiger partial charge is 0.249 e. The fourth-order valence-corrected chi connectivity index (χ4v) is 3.63. The lowest BCUT2D eigenvalue weighted by Crippen LogP contribution is -2.12. The maximum atomic E-state index is 12.2. The van der Waals surface area contributed by atoms with Crippen molar-refractivity contribution in [1.29, 1.82) is 0 Å². The average Bonchev–Trinajstić information content (AvgIpc) is 2.91. The molecule has 0 saturated heterocycles. The molecule has 7 heteroatoms. The van der Waals surface area contributed by atoms with Crippen molar-refractivity contribution in [2.45, 2.75) is 11.8 Å². The van der Waals surface area contributed by atoms with E-state index in [1.807, 2.05) is 25.1 Å². The molecule has 6 nitrogen and oxygen atoms in total. The molecule has 0 radical (unpaired) electrons. The third-order valence-electron chi connectivity index (χ3n) is 4.22. The van der Waals surface area contributed by atoms with Crippen molar-refractivity contribution in [2.24, 2.45) is 5.14 Å². The molecule has 25 heavy (non-hydrogen) atoms. The van der Waals surface area contributed by atoms with Crippen LogP contribution in [0.2, 0.25) is 0 Å². The van der Waals surface area contributed by atoms with E-state index < -0.39 is 10.0 Å². The Kier molecular flexibility index (Phi) is 3.31. The van der Waals surface area contributed by atoms with Crippen LogP contribution in [0.15, 0.2) is 58.2 Å². The van der Waals surface area contributed by atoms with Crippen molar-refractivity contribution in [3.63, 3.8) is 0 Å². The van der Waals surface area contributed by atoms with Crippen LogP contribution in [0.25, 0.3) is 33.1 Å². The number of sulfonamides is 1. The number of pyridine rings is 1. The molecule has 4 N–H and O–H groups in total. The molecule has 0 amide bonds. The van der Waals surface area contributed by atoms with Crippen LogP contribution >= 0.6 is 0 Å². The van der Waals surface area contributed by atoms with Gasteiger partial charge < -0.3 is 9.97 Å². The van der Waals surface area contributed by atoms with E-state index in [-0.39, 0.29) is 10.5 Å². The second-order valence-electron chi connectivity index (χ2n) is 6.04. The minimum Gasteiger partial charge on any atom is -0.353 e. The summed E-state index contributed by atoms with van der Waals surface area (Å²) in [5.74, 6) is 0. The molecule has 0 aliphatic rings. The first-order chi connectivity index (χ1) is 11.8. The number of H-pyrrole nitrogens is 2. The summed E-state index contributed by atoms with van der Waals surface area (Å²) in [5, 5.41) is 6.13. The minimum atomic E-state index is -3.82. The Morgan fingerprint density at radius 3 is 2.52 bits per heavy atom. The number of aromatic amines is 2. The Morgan fingerprint density at radius 2 is 1.76 bits per heavy atom. The van der Waals surface area contributed by atoms with Crippen LogP contribution in [-0.2, 0) is 10.0 Å². The normalized spacial score (nSPS) is 12.1. The Hall–Kier alpha value is -2.90. The number of aromatic nitrogens is 2. The lowest BCUT2D eigenvalue weighted by molar-refractivity contribution is 0.598. The largest absolute Gasteiger partial charge is 0.353 e. The molecule has 2 aromatic carbocycles. The average molecular weight is 353 g/mol. The number of nitrogens with one attached hydrogen (secondary N) is 2. The van der Waals surface area contributed by atoms with Gasteiger partial charge in [0.1, 0.15) is 0 Å². The van der Waals surface area contributed by atoms with Crippen LogP contribution in [0.3, 0.4) is 0 Å². The lowest BCUT2D eigenvalue weighted by atomic mass is 10.0. The number of nitrogens with two attached hydrogens (primary N) is 1. The monoisotopic (exact) mass is 353 g/mol. The number of hydrogen-bond donors (Lipinski definition) is 3. The zero-order chi connectivity index (χ0) is 17.8. The number of hydrogen-bond acceptors (Lipinski definition) is 3. The van der Waals surface area contributed by atoms with Crippen LogP contribution in [0.5, 0.6) is 0 Å². The molecule has 2 heterocycles. The van der Waals surface area contributed by atoms with Gasteiger partial charge in [-0.3, -0.25) is 4.79 Å². The summed E-state index contributed by atoms with van der Waals surface area (Å²) in [5.41, 5.74) is 4.38. The van der Waals surface area contributed by atoms with E-state index in [1.54, 1.807) is 12.1 Å². The van der Waals surface area contributed by atoms with Gasteiger partial charge in [0.25, 0.3) is 0 Å². The van der Waals surface area contributed by atoms with Crippen molar-refractivity contribution < 1.29 is 8.42 Å². The molecule has 0 atom stereocenters. The fourth-order valence-electron chi connectivity index (χ4n) is 3.07. The number of benzene rings is 2. The summed E-state index contributed by atoms with van der Waals surface area (Å²) in [7, 11) is -3.82. The van der Waals surface area contributed by atoms with Gasteiger partial charge in [-0.05, 0) is 36.8 Å². The Labute approximate surface area is 143 Å². The van der Waals surface area contributed by atoms with E-state index in [9.17, 15) is 13.2 Å². The molecule has 0 unspecified atom stereocenters. The number of fused-ring (bicyclic) bond motifs is 3. The summed E-state index contributed by atoms with van der Waals surface area (Å²) >= 11 is 0. The molecular formula is C18H15N3O3S. The summed E-state index contributed by atoms with van der Waals surface area (Å²) in [6.45, 7) is 1.98. The number of primary sulfonamides is 1. The van der Waals surface area contributed by atoms with Gasteiger partial charge in [-0.1, -0.05) is 23.8 Å². The molecule has 0 aliphatic heterocycles. The van der Waals surface area contributed by atoms with Crippen LogP contribution in [-0.4, -0.2) is 18.4 Å². The van der Waals surface area contributed by atoms with Gasteiger partial charge >= 0.3 is 0 Å². The Bertz CT molecular complexity index is 1300. The fraction of sp³-hybridized carbons (Fsp3) is 0.0556. The van der Waals surface area contributed by atoms with Crippen LogP contribution in [0, 0.1) is 6.92 Å².